The summed E-state index contributed by atoms with van der Waals surface area (Å²) in [7, 11) is 0. The van der Waals surface area contributed by atoms with Crippen molar-refractivity contribution in [3.05, 3.63) is 217 Å². The molecule has 3 aromatic heterocycles. The van der Waals surface area contributed by atoms with Crippen molar-refractivity contribution in [1.82, 2.24) is 19.9 Å². The molecule has 0 fully saturated rings. The van der Waals surface area contributed by atoms with Crippen molar-refractivity contribution in [2.24, 2.45) is 0 Å². The summed E-state index contributed by atoms with van der Waals surface area (Å²) in [5.41, 5.74) is 25.5. The molecule has 64 heavy (non-hydrogen) atoms. The Hall–Kier alpha value is -7.82. The number of benzene rings is 7. The predicted octanol–water partition coefficient (Wildman–Crippen LogP) is 15.0. The molecular formula is C60H44N4. The maximum atomic E-state index is 5.25. The Morgan fingerprint density at radius 2 is 0.547 bits per heavy atom. The van der Waals surface area contributed by atoms with Gasteiger partial charge in [0.2, 0.25) is 0 Å². The molecule has 7 aromatic carbocycles. The number of hydrogen-bond acceptors (Lipinski definition) is 4. The van der Waals surface area contributed by atoms with Crippen LogP contribution in [0, 0.1) is 0 Å². The molecule has 0 bridgehead atoms. The van der Waals surface area contributed by atoms with Gasteiger partial charge in [-0.2, -0.15) is 0 Å². The van der Waals surface area contributed by atoms with E-state index in [1.807, 2.05) is 49.1 Å². The molecule has 4 nitrogen and oxygen atoms in total. The number of hydrogen-bond donors (Lipinski definition) is 0. The standard InChI is InChI=1S/C60H44N4/c1-59(2)51-33-43(17-21-47(51)49-23-19-45(35-53(49)59)39-25-29-61-30-26-39)37-9-13-41(14-10-37)57-58(64-56-8-6-5-7-55(56)63-57)42-15-11-38(12-16-42)44-18-22-48-50-24-20-46(40-27-31-62-32-28-40)36-54(50)60(3,4)52(48)34-44/h5-36H,1-4H3. The number of rotatable bonds is 6. The van der Waals surface area contributed by atoms with Gasteiger partial charge in [-0.25, -0.2) is 9.97 Å². The van der Waals surface area contributed by atoms with Gasteiger partial charge in [0.1, 0.15) is 0 Å². The summed E-state index contributed by atoms with van der Waals surface area (Å²) < 4.78 is 0. The van der Waals surface area contributed by atoms with Crippen molar-refractivity contribution in [3.63, 3.8) is 0 Å². The number of pyridine rings is 2. The van der Waals surface area contributed by atoms with Gasteiger partial charge in [-0.3, -0.25) is 9.97 Å². The van der Waals surface area contributed by atoms with Crippen LogP contribution in [-0.2, 0) is 10.8 Å². The topological polar surface area (TPSA) is 51.6 Å². The zero-order chi connectivity index (χ0) is 43.2. The third-order valence-electron chi connectivity index (χ3n) is 13.9. The van der Waals surface area contributed by atoms with Gasteiger partial charge in [0.15, 0.2) is 0 Å². The molecule has 304 valence electrons. The van der Waals surface area contributed by atoms with E-state index in [1.54, 1.807) is 0 Å². The first-order valence-corrected chi connectivity index (χ1v) is 22.1. The minimum atomic E-state index is -0.136. The largest absolute Gasteiger partial charge is 0.265 e. The third kappa shape index (κ3) is 6.05. The zero-order valence-electron chi connectivity index (χ0n) is 36.3. The lowest BCUT2D eigenvalue weighted by Crippen LogP contribution is -2.15. The molecule has 3 heterocycles. The number of para-hydroxylation sites is 2. The molecule has 0 saturated carbocycles. The first kappa shape index (κ1) is 37.9. The van der Waals surface area contributed by atoms with Crippen LogP contribution in [0.15, 0.2) is 195 Å². The summed E-state index contributed by atoms with van der Waals surface area (Å²) in [5.74, 6) is 0. The molecular weight excluding hydrogens is 777 g/mol. The van der Waals surface area contributed by atoms with E-state index in [0.29, 0.717) is 0 Å². The van der Waals surface area contributed by atoms with Crippen LogP contribution in [0.5, 0.6) is 0 Å². The molecule has 2 aliphatic carbocycles. The van der Waals surface area contributed by atoms with Gasteiger partial charge in [0.25, 0.3) is 0 Å². The van der Waals surface area contributed by atoms with Crippen molar-refractivity contribution in [3.8, 4) is 89.3 Å². The maximum absolute atomic E-state index is 5.25. The zero-order valence-corrected chi connectivity index (χ0v) is 36.3. The van der Waals surface area contributed by atoms with Crippen LogP contribution in [0.2, 0.25) is 0 Å². The van der Waals surface area contributed by atoms with Crippen LogP contribution in [0.4, 0.5) is 0 Å². The lowest BCUT2D eigenvalue weighted by atomic mass is 9.81. The van der Waals surface area contributed by atoms with Gasteiger partial charge in [0.05, 0.1) is 22.4 Å². The third-order valence-corrected chi connectivity index (χ3v) is 13.9. The molecule has 12 rings (SSSR count). The summed E-state index contributed by atoms with van der Waals surface area (Å²) in [4.78, 5) is 19.0. The van der Waals surface area contributed by atoms with E-state index in [-0.39, 0.29) is 10.8 Å². The van der Waals surface area contributed by atoms with Crippen LogP contribution in [0.3, 0.4) is 0 Å². The van der Waals surface area contributed by atoms with Gasteiger partial charge < -0.3 is 0 Å². The molecule has 10 aromatic rings. The summed E-state index contributed by atoms with van der Waals surface area (Å²) >= 11 is 0. The monoisotopic (exact) mass is 820 g/mol. The Bertz CT molecular complexity index is 3230. The molecule has 0 saturated heterocycles. The van der Waals surface area contributed by atoms with E-state index in [1.165, 1.54) is 89.0 Å². The smallest absolute Gasteiger partial charge is 0.0973 e. The quantitative estimate of drug-likeness (QED) is 0.168. The Balaban J connectivity index is 0.853. The average Bonchev–Trinajstić information content (AvgIpc) is 3.72. The maximum Gasteiger partial charge on any atom is 0.0973 e. The van der Waals surface area contributed by atoms with Crippen molar-refractivity contribution in [1.29, 1.82) is 0 Å². The summed E-state index contributed by atoms with van der Waals surface area (Å²) in [5, 5.41) is 0. The fraction of sp³-hybridized carbons (Fsp3) is 0.100. The fourth-order valence-corrected chi connectivity index (χ4v) is 10.3. The molecule has 0 atom stereocenters. The molecule has 4 heteroatoms. The highest BCUT2D eigenvalue weighted by Gasteiger charge is 2.37. The van der Waals surface area contributed by atoms with Crippen molar-refractivity contribution >= 4 is 11.0 Å². The van der Waals surface area contributed by atoms with E-state index in [2.05, 4.69) is 183 Å². The summed E-state index contributed by atoms with van der Waals surface area (Å²) in [6, 6.07) is 61.9. The second-order valence-electron chi connectivity index (χ2n) is 18.3. The van der Waals surface area contributed by atoms with Crippen LogP contribution in [0.25, 0.3) is 100 Å². The Morgan fingerprint density at radius 1 is 0.281 bits per heavy atom. The Kier molecular flexibility index (Phi) is 8.51. The number of aromatic nitrogens is 4. The predicted molar refractivity (Wildman–Crippen MR) is 263 cm³/mol. The summed E-state index contributed by atoms with van der Waals surface area (Å²) in [6.07, 6.45) is 7.44. The van der Waals surface area contributed by atoms with Gasteiger partial charge >= 0.3 is 0 Å². The Labute approximate surface area is 374 Å². The highest BCUT2D eigenvalue weighted by atomic mass is 14.8. The van der Waals surface area contributed by atoms with Gasteiger partial charge in [-0.1, -0.05) is 137 Å². The normalized spacial score (nSPS) is 13.9. The van der Waals surface area contributed by atoms with E-state index in [0.717, 1.165) is 33.5 Å². The van der Waals surface area contributed by atoms with Gasteiger partial charge in [-0.05, 0) is 150 Å². The SMILES string of the molecule is CC1(C)c2cc(-c3ccncc3)ccc2-c2ccc(-c3ccc(-c4nc5ccccc5nc4-c4ccc(-c5ccc6c(c5)C(C)(C)c5cc(-c7ccncc7)ccc5-6)cc4)cc3)cc21. The van der Waals surface area contributed by atoms with Gasteiger partial charge in [0, 0.05) is 46.7 Å². The number of nitrogens with zero attached hydrogens (tertiary/aromatic N) is 4. The van der Waals surface area contributed by atoms with E-state index in [4.69, 9.17) is 9.97 Å². The van der Waals surface area contributed by atoms with E-state index >= 15 is 0 Å². The van der Waals surface area contributed by atoms with Crippen molar-refractivity contribution in [2.75, 3.05) is 0 Å². The molecule has 0 spiro atoms. The lowest BCUT2D eigenvalue weighted by molar-refractivity contribution is 0.660. The molecule has 0 N–H and O–H groups in total. The second-order valence-corrected chi connectivity index (χ2v) is 18.3. The van der Waals surface area contributed by atoms with E-state index < -0.39 is 0 Å². The van der Waals surface area contributed by atoms with Crippen molar-refractivity contribution in [2.45, 2.75) is 38.5 Å². The molecule has 0 unspecified atom stereocenters. The van der Waals surface area contributed by atoms with Gasteiger partial charge in [-0.15, -0.1) is 0 Å². The van der Waals surface area contributed by atoms with Crippen molar-refractivity contribution < 1.29 is 0 Å². The van der Waals surface area contributed by atoms with Crippen LogP contribution < -0.4 is 0 Å². The van der Waals surface area contributed by atoms with Crippen LogP contribution >= 0.6 is 0 Å². The lowest BCUT2D eigenvalue weighted by Gasteiger charge is -2.22. The molecule has 0 amide bonds. The Morgan fingerprint density at radius 3 is 0.859 bits per heavy atom. The minimum absolute atomic E-state index is 0.136. The average molecular weight is 821 g/mol. The summed E-state index contributed by atoms with van der Waals surface area (Å²) in [6.45, 7) is 9.38. The first-order valence-electron chi connectivity index (χ1n) is 22.1. The highest BCUT2D eigenvalue weighted by molar-refractivity contribution is 5.90. The molecule has 0 radical (unpaired) electrons. The fourth-order valence-electron chi connectivity index (χ4n) is 10.3. The van der Waals surface area contributed by atoms with Crippen LogP contribution in [0.1, 0.15) is 49.9 Å². The first-order chi connectivity index (χ1) is 31.2. The molecule has 0 aliphatic heterocycles. The van der Waals surface area contributed by atoms with Crippen LogP contribution in [-0.4, -0.2) is 19.9 Å². The van der Waals surface area contributed by atoms with E-state index in [9.17, 15) is 0 Å². The second kappa shape index (κ2) is 14.4. The highest BCUT2D eigenvalue weighted by Crippen LogP contribution is 2.52. The number of fused-ring (bicyclic) bond motifs is 7. The molecule has 2 aliphatic rings. The minimum Gasteiger partial charge on any atom is -0.265 e.